The number of hydrogen-bond donors (Lipinski definition) is 0. The van der Waals surface area contributed by atoms with Gasteiger partial charge in [0.2, 0.25) is 5.78 Å². The number of methoxy groups -OCH3 is 1. The fraction of sp³-hybridized carbons (Fsp3) is 0.308. The Labute approximate surface area is 110 Å². The maximum Gasteiger partial charge on any atom is 0.236 e. The Morgan fingerprint density at radius 3 is 2.79 bits per heavy atom. The number of hydrogen-bond acceptors (Lipinski definition) is 4. The lowest BCUT2D eigenvalue weighted by atomic mass is 10.1. The van der Waals surface area contributed by atoms with Crippen molar-refractivity contribution < 1.29 is 13.9 Å². The van der Waals surface area contributed by atoms with E-state index in [1.165, 1.54) is 36.3 Å². The van der Waals surface area contributed by atoms with Gasteiger partial charge in [0, 0.05) is 6.04 Å². The summed E-state index contributed by atoms with van der Waals surface area (Å²) >= 11 is 0. The monoisotopic (exact) mass is 263 g/mol. The van der Waals surface area contributed by atoms with E-state index in [-0.39, 0.29) is 23.2 Å². The molecule has 0 aliphatic rings. The van der Waals surface area contributed by atoms with Gasteiger partial charge in [0.25, 0.3) is 0 Å². The molecule has 1 aromatic carbocycles. The standard InChI is InChI=1S/C13H14FN3O2/c1-8(2)17-13(15-7-16-17)12(18)11-9(14)5-4-6-10(11)19-3/h4-8H,1-3H3. The highest BCUT2D eigenvalue weighted by molar-refractivity contribution is 6.08. The van der Waals surface area contributed by atoms with Crippen molar-refractivity contribution in [2.24, 2.45) is 0 Å². The topological polar surface area (TPSA) is 57.0 Å². The molecule has 0 amide bonds. The maximum absolute atomic E-state index is 13.9. The van der Waals surface area contributed by atoms with Crippen LogP contribution in [-0.2, 0) is 0 Å². The van der Waals surface area contributed by atoms with Crippen molar-refractivity contribution in [3.63, 3.8) is 0 Å². The van der Waals surface area contributed by atoms with Crippen molar-refractivity contribution in [3.8, 4) is 5.75 Å². The Morgan fingerprint density at radius 2 is 2.16 bits per heavy atom. The molecule has 0 radical (unpaired) electrons. The summed E-state index contributed by atoms with van der Waals surface area (Å²) in [6.45, 7) is 3.73. The molecule has 1 aromatic heterocycles. The average Bonchev–Trinajstić information content (AvgIpc) is 2.87. The molecule has 6 heteroatoms. The minimum Gasteiger partial charge on any atom is -0.496 e. The average molecular weight is 263 g/mol. The Kier molecular flexibility index (Phi) is 3.59. The Hall–Kier alpha value is -2.24. The van der Waals surface area contributed by atoms with E-state index < -0.39 is 11.6 Å². The molecular weight excluding hydrogens is 249 g/mol. The molecule has 0 N–H and O–H groups in total. The molecule has 2 rings (SSSR count). The first-order chi connectivity index (χ1) is 9.06. The van der Waals surface area contributed by atoms with E-state index in [9.17, 15) is 9.18 Å². The van der Waals surface area contributed by atoms with Gasteiger partial charge in [-0.3, -0.25) is 4.79 Å². The lowest BCUT2D eigenvalue weighted by Gasteiger charge is -2.11. The number of nitrogens with zero attached hydrogens (tertiary/aromatic N) is 3. The predicted octanol–water partition coefficient (Wildman–Crippen LogP) is 2.24. The molecule has 5 nitrogen and oxygen atoms in total. The van der Waals surface area contributed by atoms with Gasteiger partial charge in [0.1, 0.15) is 23.5 Å². The number of carbonyl (C=O) groups is 1. The van der Waals surface area contributed by atoms with Crippen molar-refractivity contribution in [1.29, 1.82) is 0 Å². The SMILES string of the molecule is COc1cccc(F)c1C(=O)c1ncnn1C(C)C. The summed E-state index contributed by atoms with van der Waals surface area (Å²) in [5, 5.41) is 3.97. The second-order valence-corrected chi connectivity index (χ2v) is 4.27. The van der Waals surface area contributed by atoms with Gasteiger partial charge in [-0.1, -0.05) is 6.07 Å². The Morgan fingerprint density at radius 1 is 1.42 bits per heavy atom. The maximum atomic E-state index is 13.9. The molecule has 0 aliphatic carbocycles. The van der Waals surface area contributed by atoms with Crippen LogP contribution < -0.4 is 4.74 Å². The number of carbonyl (C=O) groups excluding carboxylic acids is 1. The quantitative estimate of drug-likeness (QED) is 0.794. The van der Waals surface area contributed by atoms with Crippen LogP contribution in [0.4, 0.5) is 4.39 Å². The zero-order chi connectivity index (χ0) is 14.0. The summed E-state index contributed by atoms with van der Waals surface area (Å²) in [5.41, 5.74) is -0.125. The molecule has 1 heterocycles. The van der Waals surface area contributed by atoms with Gasteiger partial charge in [-0.2, -0.15) is 5.10 Å². The second kappa shape index (κ2) is 5.17. The molecule has 19 heavy (non-hydrogen) atoms. The zero-order valence-electron chi connectivity index (χ0n) is 10.9. The van der Waals surface area contributed by atoms with Crippen LogP contribution in [0.5, 0.6) is 5.75 Å². The van der Waals surface area contributed by atoms with E-state index in [2.05, 4.69) is 10.1 Å². The summed E-state index contributed by atoms with van der Waals surface area (Å²) < 4.78 is 20.3. The van der Waals surface area contributed by atoms with Gasteiger partial charge in [0.05, 0.1) is 7.11 Å². The van der Waals surface area contributed by atoms with Crippen LogP contribution in [0.1, 0.15) is 36.1 Å². The highest BCUT2D eigenvalue weighted by Gasteiger charge is 2.24. The molecule has 0 saturated carbocycles. The van der Waals surface area contributed by atoms with E-state index in [4.69, 9.17) is 4.74 Å². The van der Waals surface area contributed by atoms with Crippen LogP contribution in [0.15, 0.2) is 24.5 Å². The Bertz CT molecular complexity index is 608. The normalized spacial score (nSPS) is 10.8. The molecule has 0 unspecified atom stereocenters. The first-order valence-corrected chi connectivity index (χ1v) is 5.83. The van der Waals surface area contributed by atoms with E-state index >= 15 is 0 Å². The first kappa shape index (κ1) is 13.2. The van der Waals surface area contributed by atoms with Crippen molar-refractivity contribution in [1.82, 2.24) is 14.8 Å². The van der Waals surface area contributed by atoms with Gasteiger partial charge in [0.15, 0.2) is 5.82 Å². The van der Waals surface area contributed by atoms with Gasteiger partial charge in [-0.05, 0) is 26.0 Å². The second-order valence-electron chi connectivity index (χ2n) is 4.27. The van der Waals surface area contributed by atoms with Crippen molar-refractivity contribution in [2.45, 2.75) is 19.9 Å². The van der Waals surface area contributed by atoms with Crippen LogP contribution in [-0.4, -0.2) is 27.7 Å². The zero-order valence-corrected chi connectivity index (χ0v) is 10.9. The summed E-state index contributed by atoms with van der Waals surface area (Å²) in [7, 11) is 1.39. The molecule has 2 aromatic rings. The minimum atomic E-state index is -0.636. The molecule has 100 valence electrons. The number of aromatic nitrogens is 3. The van der Waals surface area contributed by atoms with Gasteiger partial charge in [-0.25, -0.2) is 14.1 Å². The lowest BCUT2D eigenvalue weighted by molar-refractivity contribution is 0.101. The third kappa shape index (κ3) is 2.33. The minimum absolute atomic E-state index is 0.0424. The van der Waals surface area contributed by atoms with Crippen molar-refractivity contribution >= 4 is 5.78 Å². The number of ether oxygens (including phenoxy) is 1. The molecular formula is C13H14FN3O2. The molecule has 0 atom stereocenters. The highest BCUT2D eigenvalue weighted by atomic mass is 19.1. The van der Waals surface area contributed by atoms with Crippen molar-refractivity contribution in [2.75, 3.05) is 7.11 Å². The molecule has 0 aliphatic heterocycles. The lowest BCUT2D eigenvalue weighted by Crippen LogP contribution is -2.16. The van der Waals surface area contributed by atoms with Gasteiger partial charge >= 0.3 is 0 Å². The first-order valence-electron chi connectivity index (χ1n) is 5.83. The van der Waals surface area contributed by atoms with E-state index in [1.54, 1.807) is 0 Å². The van der Waals surface area contributed by atoms with Crippen LogP contribution in [0.2, 0.25) is 0 Å². The number of halogens is 1. The predicted molar refractivity (Wildman–Crippen MR) is 66.8 cm³/mol. The molecule has 0 fully saturated rings. The third-order valence-electron chi connectivity index (χ3n) is 2.69. The van der Waals surface area contributed by atoms with Gasteiger partial charge < -0.3 is 4.74 Å². The number of benzene rings is 1. The highest BCUT2D eigenvalue weighted by Crippen LogP contribution is 2.24. The molecule has 0 bridgehead atoms. The van der Waals surface area contributed by atoms with Crippen LogP contribution in [0, 0.1) is 5.82 Å². The smallest absolute Gasteiger partial charge is 0.236 e. The van der Waals surface area contributed by atoms with E-state index in [1.807, 2.05) is 13.8 Å². The van der Waals surface area contributed by atoms with E-state index in [0.29, 0.717) is 0 Å². The fourth-order valence-corrected chi connectivity index (χ4v) is 1.80. The Balaban J connectivity index is 2.53. The van der Waals surface area contributed by atoms with Crippen LogP contribution in [0.3, 0.4) is 0 Å². The van der Waals surface area contributed by atoms with Gasteiger partial charge in [-0.15, -0.1) is 0 Å². The summed E-state index contributed by atoms with van der Waals surface area (Å²) in [6, 6.07) is 4.19. The fourth-order valence-electron chi connectivity index (χ4n) is 1.80. The largest absolute Gasteiger partial charge is 0.496 e. The van der Waals surface area contributed by atoms with E-state index in [0.717, 1.165) is 0 Å². The van der Waals surface area contributed by atoms with Crippen LogP contribution >= 0.6 is 0 Å². The molecule has 0 spiro atoms. The summed E-state index contributed by atoms with van der Waals surface area (Å²) in [6.07, 6.45) is 1.28. The van der Waals surface area contributed by atoms with Crippen molar-refractivity contribution in [3.05, 3.63) is 41.7 Å². The summed E-state index contributed by atoms with van der Waals surface area (Å²) in [4.78, 5) is 16.3. The number of rotatable bonds is 4. The number of ketones is 1. The third-order valence-corrected chi connectivity index (χ3v) is 2.69. The van der Waals surface area contributed by atoms with Crippen LogP contribution in [0.25, 0.3) is 0 Å². The summed E-state index contributed by atoms with van der Waals surface area (Å²) in [5.74, 6) is -0.898. The molecule has 0 saturated heterocycles.